The summed E-state index contributed by atoms with van der Waals surface area (Å²) < 4.78 is 27.6. The van der Waals surface area contributed by atoms with E-state index in [1.165, 1.54) is 4.31 Å². The maximum absolute atomic E-state index is 11.8. The molecule has 0 saturated heterocycles. The number of hydrogen-bond acceptors (Lipinski definition) is 3. The highest BCUT2D eigenvalue weighted by molar-refractivity contribution is 7.87. The normalized spacial score (nSPS) is 19.0. The first-order chi connectivity index (χ1) is 7.40. The Morgan fingerprint density at radius 1 is 1.38 bits per heavy atom. The minimum absolute atomic E-state index is 0.207. The van der Waals surface area contributed by atoms with Crippen LogP contribution in [0.3, 0.4) is 0 Å². The Bertz CT molecular complexity index is 312. The number of hydrogen-bond donors (Lipinski definition) is 2. The van der Waals surface area contributed by atoms with Gasteiger partial charge in [0.1, 0.15) is 0 Å². The lowest BCUT2D eigenvalue weighted by Gasteiger charge is -2.19. The van der Waals surface area contributed by atoms with E-state index in [2.05, 4.69) is 17.0 Å². The van der Waals surface area contributed by atoms with Crippen LogP contribution >= 0.6 is 0 Å². The second-order valence-electron chi connectivity index (χ2n) is 4.92. The first kappa shape index (κ1) is 13.9. The number of rotatable bonds is 8. The average Bonchev–Trinajstić information content (AvgIpc) is 2.95. The Morgan fingerprint density at radius 3 is 2.50 bits per heavy atom. The molecule has 0 aromatic rings. The standard InChI is InChI=1S/C10H23N3O2S/c1-10(5-6-10)9-12-16(14,15)13(3)8-4-7-11-2/h11-12H,4-9H2,1-3H3. The highest BCUT2D eigenvalue weighted by atomic mass is 32.2. The molecule has 0 aromatic heterocycles. The van der Waals surface area contributed by atoms with Crippen LogP contribution < -0.4 is 10.0 Å². The molecule has 0 bridgehead atoms. The molecule has 0 aromatic carbocycles. The molecule has 0 amide bonds. The van der Waals surface area contributed by atoms with E-state index in [-0.39, 0.29) is 5.41 Å². The molecular weight excluding hydrogens is 226 g/mol. The van der Waals surface area contributed by atoms with Gasteiger partial charge in [-0.25, -0.2) is 4.72 Å². The second kappa shape index (κ2) is 5.44. The molecule has 1 rings (SSSR count). The molecule has 0 unspecified atom stereocenters. The van der Waals surface area contributed by atoms with Crippen LogP contribution in [0.1, 0.15) is 26.2 Å². The summed E-state index contributed by atoms with van der Waals surface area (Å²) in [5, 5.41) is 3.00. The quantitative estimate of drug-likeness (QED) is 0.603. The molecule has 16 heavy (non-hydrogen) atoms. The smallest absolute Gasteiger partial charge is 0.279 e. The van der Waals surface area contributed by atoms with Crippen LogP contribution in [0.4, 0.5) is 0 Å². The molecule has 0 atom stereocenters. The number of nitrogens with zero attached hydrogens (tertiary/aromatic N) is 1. The van der Waals surface area contributed by atoms with Gasteiger partial charge in [0.15, 0.2) is 0 Å². The Balaban J connectivity index is 2.30. The molecule has 6 heteroatoms. The van der Waals surface area contributed by atoms with Crippen LogP contribution in [0, 0.1) is 5.41 Å². The fourth-order valence-electron chi connectivity index (χ4n) is 1.36. The van der Waals surface area contributed by atoms with Crippen molar-refractivity contribution in [3.63, 3.8) is 0 Å². The lowest BCUT2D eigenvalue weighted by Crippen LogP contribution is -2.41. The second-order valence-corrected chi connectivity index (χ2v) is 6.78. The Hall–Kier alpha value is -0.170. The van der Waals surface area contributed by atoms with Gasteiger partial charge in [0, 0.05) is 20.1 Å². The van der Waals surface area contributed by atoms with E-state index in [4.69, 9.17) is 0 Å². The zero-order chi connectivity index (χ0) is 12.2. The van der Waals surface area contributed by atoms with E-state index in [9.17, 15) is 8.42 Å². The van der Waals surface area contributed by atoms with Crippen LogP contribution in [0.15, 0.2) is 0 Å². The Kier molecular flexibility index (Phi) is 4.73. The van der Waals surface area contributed by atoms with Crippen molar-refractivity contribution < 1.29 is 8.42 Å². The van der Waals surface area contributed by atoms with Crippen molar-refractivity contribution in [2.45, 2.75) is 26.2 Å². The molecule has 1 aliphatic carbocycles. The summed E-state index contributed by atoms with van der Waals surface area (Å²) in [6.45, 7) is 4.05. The third-order valence-corrected chi connectivity index (χ3v) is 4.61. The molecule has 1 fully saturated rings. The van der Waals surface area contributed by atoms with E-state index >= 15 is 0 Å². The Morgan fingerprint density at radius 2 is 2.00 bits per heavy atom. The van der Waals surface area contributed by atoms with Crippen LogP contribution in [0.2, 0.25) is 0 Å². The maximum atomic E-state index is 11.8. The first-order valence-corrected chi connectivity index (χ1v) is 7.19. The van der Waals surface area contributed by atoms with Gasteiger partial charge in [0.05, 0.1) is 0 Å². The topological polar surface area (TPSA) is 61.4 Å². The van der Waals surface area contributed by atoms with E-state index in [0.29, 0.717) is 13.1 Å². The molecule has 0 spiro atoms. The van der Waals surface area contributed by atoms with Gasteiger partial charge in [-0.05, 0) is 38.3 Å². The third kappa shape index (κ3) is 4.37. The summed E-state index contributed by atoms with van der Waals surface area (Å²) in [6, 6.07) is 0. The van der Waals surface area contributed by atoms with E-state index < -0.39 is 10.2 Å². The lowest BCUT2D eigenvalue weighted by atomic mass is 10.2. The van der Waals surface area contributed by atoms with Crippen molar-refractivity contribution in [3.05, 3.63) is 0 Å². The summed E-state index contributed by atoms with van der Waals surface area (Å²) >= 11 is 0. The van der Waals surface area contributed by atoms with Crippen LogP contribution in [-0.4, -0.2) is 46.5 Å². The van der Waals surface area contributed by atoms with E-state index in [0.717, 1.165) is 25.8 Å². The largest absolute Gasteiger partial charge is 0.320 e. The van der Waals surface area contributed by atoms with Crippen molar-refractivity contribution >= 4 is 10.2 Å². The zero-order valence-corrected chi connectivity index (χ0v) is 11.2. The van der Waals surface area contributed by atoms with E-state index in [1.54, 1.807) is 7.05 Å². The molecule has 1 saturated carbocycles. The van der Waals surface area contributed by atoms with Gasteiger partial charge in [0.25, 0.3) is 10.2 Å². The van der Waals surface area contributed by atoms with Crippen LogP contribution in [0.25, 0.3) is 0 Å². The fraction of sp³-hybridized carbons (Fsp3) is 1.00. The van der Waals surface area contributed by atoms with Crippen molar-refractivity contribution in [1.29, 1.82) is 0 Å². The summed E-state index contributed by atoms with van der Waals surface area (Å²) in [5.41, 5.74) is 0.207. The van der Waals surface area contributed by atoms with Gasteiger partial charge in [0.2, 0.25) is 0 Å². The molecule has 5 nitrogen and oxygen atoms in total. The minimum atomic E-state index is -3.28. The van der Waals surface area contributed by atoms with Crippen molar-refractivity contribution in [2.75, 3.05) is 33.7 Å². The van der Waals surface area contributed by atoms with Crippen molar-refractivity contribution in [1.82, 2.24) is 14.3 Å². The van der Waals surface area contributed by atoms with Gasteiger partial charge in [-0.3, -0.25) is 0 Å². The fourth-order valence-corrected chi connectivity index (χ4v) is 2.49. The summed E-state index contributed by atoms with van der Waals surface area (Å²) in [5.74, 6) is 0. The average molecular weight is 249 g/mol. The molecule has 96 valence electrons. The number of nitrogens with one attached hydrogen (secondary N) is 2. The Labute approximate surface area is 98.8 Å². The molecule has 2 N–H and O–H groups in total. The summed E-state index contributed by atoms with van der Waals surface area (Å²) in [6.07, 6.45) is 3.07. The first-order valence-electron chi connectivity index (χ1n) is 5.75. The van der Waals surface area contributed by atoms with E-state index in [1.807, 2.05) is 7.05 Å². The summed E-state index contributed by atoms with van der Waals surface area (Å²) in [4.78, 5) is 0. The van der Waals surface area contributed by atoms with Gasteiger partial charge < -0.3 is 5.32 Å². The maximum Gasteiger partial charge on any atom is 0.279 e. The van der Waals surface area contributed by atoms with Gasteiger partial charge in [-0.1, -0.05) is 6.92 Å². The zero-order valence-electron chi connectivity index (χ0n) is 10.4. The predicted molar refractivity (Wildman–Crippen MR) is 65.4 cm³/mol. The van der Waals surface area contributed by atoms with Gasteiger partial charge in [-0.2, -0.15) is 12.7 Å². The summed E-state index contributed by atoms with van der Waals surface area (Å²) in [7, 11) is 0.202. The lowest BCUT2D eigenvalue weighted by molar-refractivity contribution is 0.437. The van der Waals surface area contributed by atoms with Crippen molar-refractivity contribution in [3.8, 4) is 0 Å². The predicted octanol–water partition coefficient (Wildman–Crippen LogP) is 0.162. The van der Waals surface area contributed by atoms with Crippen molar-refractivity contribution in [2.24, 2.45) is 5.41 Å². The molecule has 0 aliphatic heterocycles. The van der Waals surface area contributed by atoms with Gasteiger partial charge >= 0.3 is 0 Å². The third-order valence-electron chi connectivity index (χ3n) is 3.10. The molecule has 0 heterocycles. The molecule has 1 aliphatic rings. The minimum Gasteiger partial charge on any atom is -0.320 e. The van der Waals surface area contributed by atoms with Crippen LogP contribution in [0.5, 0.6) is 0 Å². The monoisotopic (exact) mass is 249 g/mol. The van der Waals surface area contributed by atoms with Crippen LogP contribution in [-0.2, 0) is 10.2 Å². The highest BCUT2D eigenvalue weighted by Crippen LogP contribution is 2.44. The van der Waals surface area contributed by atoms with Gasteiger partial charge in [-0.15, -0.1) is 0 Å². The SMILES string of the molecule is CNCCCN(C)S(=O)(=O)NCC1(C)CC1. The molecular formula is C10H23N3O2S. The highest BCUT2D eigenvalue weighted by Gasteiger charge is 2.38. The molecule has 0 radical (unpaired) electrons.